The first-order chi connectivity index (χ1) is 19.6. The van der Waals surface area contributed by atoms with Crippen molar-refractivity contribution >= 4 is 17.3 Å². The first-order valence-corrected chi connectivity index (χ1v) is 15.5. The summed E-state index contributed by atoms with van der Waals surface area (Å²) in [6.07, 6.45) is 18.6. The summed E-state index contributed by atoms with van der Waals surface area (Å²) in [6, 6.07) is 23.0. The minimum atomic E-state index is -0.509. The van der Waals surface area contributed by atoms with Crippen molar-refractivity contribution in [1.29, 1.82) is 0 Å². The molecule has 0 fully saturated rings. The fourth-order valence-electron chi connectivity index (χ4n) is 5.27. The van der Waals surface area contributed by atoms with Crippen LogP contribution in [-0.4, -0.2) is 22.8 Å². The number of benzene rings is 3. The Morgan fingerprint density at radius 3 is 1.46 bits per heavy atom. The lowest BCUT2D eigenvalue weighted by molar-refractivity contribution is 0.0816. The molecule has 4 heteroatoms. The quantitative estimate of drug-likeness (QED) is 0.0790. The van der Waals surface area contributed by atoms with Crippen LogP contribution in [0.3, 0.4) is 0 Å². The van der Waals surface area contributed by atoms with Gasteiger partial charge in [-0.15, -0.1) is 0 Å². The van der Waals surface area contributed by atoms with Gasteiger partial charge in [0.05, 0.1) is 0 Å². The molecule has 0 heterocycles. The summed E-state index contributed by atoms with van der Waals surface area (Å²) in [7, 11) is 0. The fraction of sp³-hybridized carbons (Fsp3) is 0.432. The Morgan fingerprint density at radius 1 is 0.488 bits per heavy atom. The summed E-state index contributed by atoms with van der Waals surface area (Å²) < 4.78 is 0. The van der Waals surface area contributed by atoms with Crippen molar-refractivity contribution in [2.24, 2.45) is 0 Å². The standard InChI is InChI=1S/C37H46O3.H2O/c1-2-3-4-5-6-7-8-9-10-11-12-13-14-17-26-32-29-33(35(38)30-22-18-15-19-23-30)27-28-34(32)37(40)36(39)31-24-20-16-21-25-31;/h15-16,18-25,27-29H,2-14,17,26H2,1H3;1H2. The third-order valence-electron chi connectivity index (χ3n) is 7.69. The van der Waals surface area contributed by atoms with Crippen LogP contribution in [0.2, 0.25) is 0 Å². The van der Waals surface area contributed by atoms with Gasteiger partial charge in [0.15, 0.2) is 5.78 Å². The van der Waals surface area contributed by atoms with E-state index in [0.717, 1.165) is 18.4 Å². The van der Waals surface area contributed by atoms with Gasteiger partial charge in [-0.05, 0) is 30.5 Å². The van der Waals surface area contributed by atoms with Gasteiger partial charge in [-0.3, -0.25) is 14.4 Å². The van der Waals surface area contributed by atoms with E-state index in [9.17, 15) is 14.4 Å². The van der Waals surface area contributed by atoms with E-state index in [0.29, 0.717) is 28.7 Å². The predicted octanol–water partition coefficient (Wildman–Crippen LogP) is 9.18. The highest BCUT2D eigenvalue weighted by Crippen LogP contribution is 2.21. The van der Waals surface area contributed by atoms with Crippen molar-refractivity contribution in [3.63, 3.8) is 0 Å². The fourth-order valence-corrected chi connectivity index (χ4v) is 5.27. The van der Waals surface area contributed by atoms with Crippen molar-refractivity contribution < 1.29 is 19.9 Å². The SMILES string of the molecule is CCCCCCCCCCCCCCCCc1cc(C(=O)c2ccccc2)ccc1C(=O)C(=O)c1ccccc1.O. The summed E-state index contributed by atoms with van der Waals surface area (Å²) in [6.45, 7) is 2.26. The molecule has 0 amide bonds. The van der Waals surface area contributed by atoms with Crippen LogP contribution in [0.15, 0.2) is 78.9 Å². The van der Waals surface area contributed by atoms with E-state index in [-0.39, 0.29) is 11.3 Å². The maximum Gasteiger partial charge on any atom is 0.233 e. The number of Topliss-reactive ketones (excluding diaryl/α,β-unsaturated/α-hetero) is 2. The Hall–Kier alpha value is -3.37. The minimum absolute atomic E-state index is 0. The summed E-state index contributed by atoms with van der Waals surface area (Å²) in [5, 5.41) is 0. The van der Waals surface area contributed by atoms with Crippen LogP contribution < -0.4 is 0 Å². The molecule has 4 nitrogen and oxygen atoms in total. The number of rotatable bonds is 20. The van der Waals surface area contributed by atoms with Crippen LogP contribution in [0.5, 0.6) is 0 Å². The highest BCUT2D eigenvalue weighted by atomic mass is 16.2. The first-order valence-electron chi connectivity index (χ1n) is 15.5. The zero-order chi connectivity index (χ0) is 28.4. The number of ketones is 3. The summed E-state index contributed by atoms with van der Waals surface area (Å²) in [5.74, 6) is -1.09. The number of unbranched alkanes of at least 4 members (excludes halogenated alkanes) is 13. The number of carbonyl (C=O) groups excluding carboxylic acids is 3. The molecule has 41 heavy (non-hydrogen) atoms. The van der Waals surface area contributed by atoms with Gasteiger partial charge >= 0.3 is 0 Å². The molecule has 0 aliphatic heterocycles. The third-order valence-corrected chi connectivity index (χ3v) is 7.69. The lowest BCUT2D eigenvalue weighted by Gasteiger charge is -2.11. The van der Waals surface area contributed by atoms with E-state index in [1.165, 1.54) is 77.0 Å². The molecular weight excluding hydrogens is 508 g/mol. The maximum absolute atomic E-state index is 13.2. The number of carbonyl (C=O) groups is 3. The maximum atomic E-state index is 13.2. The lowest BCUT2D eigenvalue weighted by Crippen LogP contribution is -2.17. The van der Waals surface area contributed by atoms with Crippen LogP contribution in [0.1, 0.15) is 139 Å². The molecule has 220 valence electrons. The molecule has 0 aliphatic carbocycles. The number of aryl methyl sites for hydroxylation is 1. The van der Waals surface area contributed by atoms with Gasteiger partial charge in [0, 0.05) is 22.3 Å². The number of hydrogen-bond acceptors (Lipinski definition) is 3. The molecule has 0 bridgehead atoms. The lowest BCUT2D eigenvalue weighted by atomic mass is 9.91. The van der Waals surface area contributed by atoms with E-state index in [2.05, 4.69) is 6.92 Å². The van der Waals surface area contributed by atoms with Gasteiger partial charge in [-0.1, -0.05) is 157 Å². The molecule has 3 rings (SSSR count). The van der Waals surface area contributed by atoms with Crippen molar-refractivity contribution in [3.05, 3.63) is 107 Å². The topological polar surface area (TPSA) is 82.7 Å². The molecule has 0 aliphatic rings. The summed E-state index contributed by atoms with van der Waals surface area (Å²) in [5.41, 5.74) is 2.75. The molecule has 0 spiro atoms. The van der Waals surface area contributed by atoms with Gasteiger partial charge in [-0.2, -0.15) is 0 Å². The van der Waals surface area contributed by atoms with E-state index in [1.54, 1.807) is 48.5 Å². The second-order valence-electron chi connectivity index (χ2n) is 10.9. The van der Waals surface area contributed by atoms with E-state index >= 15 is 0 Å². The van der Waals surface area contributed by atoms with Crippen LogP contribution in [0, 0.1) is 0 Å². The van der Waals surface area contributed by atoms with E-state index in [4.69, 9.17) is 0 Å². The minimum Gasteiger partial charge on any atom is -0.412 e. The Morgan fingerprint density at radius 2 is 0.951 bits per heavy atom. The van der Waals surface area contributed by atoms with Gasteiger partial charge < -0.3 is 5.48 Å². The molecule has 0 aromatic heterocycles. The zero-order valence-corrected chi connectivity index (χ0v) is 24.8. The molecule has 2 N–H and O–H groups in total. The largest absolute Gasteiger partial charge is 0.412 e. The van der Waals surface area contributed by atoms with Gasteiger partial charge in [0.2, 0.25) is 11.6 Å². The summed E-state index contributed by atoms with van der Waals surface area (Å²) in [4.78, 5) is 39.2. The molecule has 0 unspecified atom stereocenters. The number of hydrogen-bond donors (Lipinski definition) is 0. The van der Waals surface area contributed by atoms with Crippen LogP contribution >= 0.6 is 0 Å². The average Bonchev–Trinajstić information content (AvgIpc) is 3.01. The van der Waals surface area contributed by atoms with Crippen molar-refractivity contribution in [2.75, 3.05) is 0 Å². The smallest absolute Gasteiger partial charge is 0.233 e. The van der Waals surface area contributed by atoms with Gasteiger partial charge in [-0.25, -0.2) is 0 Å². The molecule has 0 saturated heterocycles. The Labute approximate surface area is 246 Å². The van der Waals surface area contributed by atoms with E-state index < -0.39 is 11.6 Å². The van der Waals surface area contributed by atoms with Gasteiger partial charge in [0.25, 0.3) is 0 Å². The molecule has 0 saturated carbocycles. The third kappa shape index (κ3) is 11.6. The van der Waals surface area contributed by atoms with Gasteiger partial charge in [0.1, 0.15) is 0 Å². The van der Waals surface area contributed by atoms with Crippen LogP contribution in [0.25, 0.3) is 0 Å². The molecule has 3 aromatic carbocycles. The highest BCUT2D eigenvalue weighted by Gasteiger charge is 2.22. The monoisotopic (exact) mass is 556 g/mol. The molecular formula is C37H48O4. The van der Waals surface area contributed by atoms with Crippen molar-refractivity contribution in [1.82, 2.24) is 0 Å². The van der Waals surface area contributed by atoms with E-state index in [1.807, 2.05) is 30.3 Å². The highest BCUT2D eigenvalue weighted by molar-refractivity contribution is 6.49. The normalized spacial score (nSPS) is 10.7. The van der Waals surface area contributed by atoms with Crippen molar-refractivity contribution in [3.8, 4) is 0 Å². The average molecular weight is 557 g/mol. The first kappa shape index (κ1) is 33.8. The molecule has 0 radical (unpaired) electrons. The second-order valence-corrected chi connectivity index (χ2v) is 10.9. The van der Waals surface area contributed by atoms with Crippen LogP contribution in [0.4, 0.5) is 0 Å². The molecule has 3 aromatic rings. The Bertz CT molecular complexity index is 1180. The summed E-state index contributed by atoms with van der Waals surface area (Å²) >= 11 is 0. The Balaban J connectivity index is 0.00000588. The van der Waals surface area contributed by atoms with Crippen molar-refractivity contribution in [2.45, 2.75) is 103 Å². The zero-order valence-electron chi connectivity index (χ0n) is 24.8. The Kier molecular flexibility index (Phi) is 16.2. The molecule has 0 atom stereocenters. The second kappa shape index (κ2) is 19.7. The van der Waals surface area contributed by atoms with Crippen LogP contribution in [-0.2, 0) is 6.42 Å². The predicted molar refractivity (Wildman–Crippen MR) is 169 cm³/mol.